The van der Waals surface area contributed by atoms with Gasteiger partial charge in [0.1, 0.15) is 5.75 Å². The molecule has 1 saturated heterocycles. The first-order valence-electron chi connectivity index (χ1n) is 8.20. The molecule has 0 spiro atoms. The quantitative estimate of drug-likeness (QED) is 0.883. The maximum absolute atomic E-state index is 12.4. The Morgan fingerprint density at radius 2 is 1.68 bits per heavy atom. The molecule has 0 aromatic heterocycles. The first-order chi connectivity index (χ1) is 10.8. The van der Waals surface area contributed by atoms with Gasteiger partial charge in [-0.05, 0) is 63.0 Å². The molecule has 1 aliphatic heterocycles. The average Bonchev–Trinajstić information content (AvgIpc) is 2.61. The van der Waals surface area contributed by atoms with Gasteiger partial charge in [0, 0.05) is 18.8 Å². The summed E-state index contributed by atoms with van der Waals surface area (Å²) in [6.07, 6.45) is 5.58. The second-order valence-electron chi connectivity index (χ2n) is 5.66. The molecule has 2 N–H and O–H groups in total. The molecule has 1 aliphatic rings. The van der Waals surface area contributed by atoms with Crippen molar-refractivity contribution in [3.05, 3.63) is 24.3 Å². The van der Waals surface area contributed by atoms with Crippen LogP contribution in [0.25, 0.3) is 0 Å². The summed E-state index contributed by atoms with van der Waals surface area (Å²) in [5, 5.41) is 6.43. The van der Waals surface area contributed by atoms with Crippen molar-refractivity contribution in [2.45, 2.75) is 32.1 Å². The molecule has 1 fully saturated rings. The molecular formula is C17H27N3O2. The lowest BCUT2D eigenvalue weighted by molar-refractivity contribution is 0.209. The summed E-state index contributed by atoms with van der Waals surface area (Å²) in [6.45, 7) is 3.80. The Morgan fingerprint density at radius 1 is 1.05 bits per heavy atom. The van der Waals surface area contributed by atoms with Crippen LogP contribution in [0.5, 0.6) is 5.75 Å². The van der Waals surface area contributed by atoms with Crippen LogP contribution < -0.4 is 15.4 Å². The third-order valence-corrected chi connectivity index (χ3v) is 3.94. The Kier molecular flexibility index (Phi) is 7.03. The van der Waals surface area contributed by atoms with Gasteiger partial charge >= 0.3 is 6.03 Å². The van der Waals surface area contributed by atoms with E-state index < -0.39 is 0 Å². The van der Waals surface area contributed by atoms with Gasteiger partial charge in [0.25, 0.3) is 0 Å². The summed E-state index contributed by atoms with van der Waals surface area (Å²) in [7, 11) is 1.64. The number of nitrogens with one attached hydrogen (secondary N) is 2. The SMILES string of the molecule is COc1ccc(NC(=O)N2CCCCCNCCCC2)cc1. The van der Waals surface area contributed by atoms with E-state index >= 15 is 0 Å². The highest BCUT2D eigenvalue weighted by Gasteiger charge is 2.13. The number of hydrogen-bond donors (Lipinski definition) is 2. The number of carbonyl (C=O) groups is 1. The van der Waals surface area contributed by atoms with E-state index in [9.17, 15) is 4.79 Å². The zero-order valence-corrected chi connectivity index (χ0v) is 13.4. The van der Waals surface area contributed by atoms with Crippen molar-refractivity contribution in [2.75, 3.05) is 38.6 Å². The Balaban J connectivity index is 1.89. The highest BCUT2D eigenvalue weighted by molar-refractivity contribution is 5.89. The van der Waals surface area contributed by atoms with E-state index in [1.807, 2.05) is 29.2 Å². The highest BCUT2D eigenvalue weighted by Crippen LogP contribution is 2.16. The Hall–Kier alpha value is -1.75. The van der Waals surface area contributed by atoms with Crippen molar-refractivity contribution in [2.24, 2.45) is 0 Å². The van der Waals surface area contributed by atoms with E-state index in [0.29, 0.717) is 0 Å². The van der Waals surface area contributed by atoms with Crippen LogP contribution in [-0.2, 0) is 0 Å². The molecule has 22 heavy (non-hydrogen) atoms. The fraction of sp³-hybridized carbons (Fsp3) is 0.588. The summed E-state index contributed by atoms with van der Waals surface area (Å²) >= 11 is 0. The third kappa shape index (κ3) is 5.56. The van der Waals surface area contributed by atoms with Crippen LogP contribution in [0, 0.1) is 0 Å². The number of carbonyl (C=O) groups excluding carboxylic acids is 1. The van der Waals surface area contributed by atoms with Crippen molar-refractivity contribution in [3.8, 4) is 5.75 Å². The zero-order valence-electron chi connectivity index (χ0n) is 13.4. The largest absolute Gasteiger partial charge is 0.497 e. The van der Waals surface area contributed by atoms with Crippen LogP contribution in [0.3, 0.4) is 0 Å². The van der Waals surface area contributed by atoms with Gasteiger partial charge in [-0.1, -0.05) is 6.42 Å². The summed E-state index contributed by atoms with van der Waals surface area (Å²) in [4.78, 5) is 14.4. The van der Waals surface area contributed by atoms with Crippen LogP contribution in [0.15, 0.2) is 24.3 Å². The number of urea groups is 1. The highest BCUT2D eigenvalue weighted by atomic mass is 16.5. The van der Waals surface area contributed by atoms with Crippen LogP contribution >= 0.6 is 0 Å². The monoisotopic (exact) mass is 305 g/mol. The number of rotatable bonds is 2. The van der Waals surface area contributed by atoms with E-state index in [1.165, 1.54) is 12.8 Å². The van der Waals surface area contributed by atoms with Crippen LogP contribution in [0.4, 0.5) is 10.5 Å². The van der Waals surface area contributed by atoms with Crippen molar-refractivity contribution in [1.29, 1.82) is 0 Å². The van der Waals surface area contributed by atoms with Crippen LogP contribution in [0.2, 0.25) is 0 Å². The summed E-state index contributed by atoms with van der Waals surface area (Å²) in [5.74, 6) is 0.792. The molecule has 122 valence electrons. The maximum atomic E-state index is 12.4. The van der Waals surface area contributed by atoms with Gasteiger partial charge in [0.2, 0.25) is 0 Å². The topological polar surface area (TPSA) is 53.6 Å². The first-order valence-corrected chi connectivity index (χ1v) is 8.20. The molecular weight excluding hydrogens is 278 g/mol. The Morgan fingerprint density at radius 3 is 2.36 bits per heavy atom. The molecule has 1 aromatic carbocycles. The average molecular weight is 305 g/mol. The minimum atomic E-state index is -0.00243. The molecule has 0 bridgehead atoms. The number of benzene rings is 1. The minimum absolute atomic E-state index is 0.00243. The van der Waals surface area contributed by atoms with E-state index in [-0.39, 0.29) is 6.03 Å². The van der Waals surface area contributed by atoms with Crippen molar-refractivity contribution in [1.82, 2.24) is 10.2 Å². The van der Waals surface area contributed by atoms with Gasteiger partial charge < -0.3 is 20.3 Å². The number of nitrogens with zero attached hydrogens (tertiary/aromatic N) is 1. The zero-order chi connectivity index (χ0) is 15.6. The second-order valence-corrected chi connectivity index (χ2v) is 5.66. The van der Waals surface area contributed by atoms with E-state index in [0.717, 1.165) is 56.9 Å². The molecule has 0 radical (unpaired) electrons. The molecule has 0 saturated carbocycles. The molecule has 2 rings (SSSR count). The lowest BCUT2D eigenvalue weighted by Crippen LogP contribution is -2.36. The molecule has 0 unspecified atom stereocenters. The number of anilines is 1. The molecule has 2 amide bonds. The molecule has 1 heterocycles. The maximum Gasteiger partial charge on any atom is 0.321 e. The van der Waals surface area contributed by atoms with Gasteiger partial charge in [-0.25, -0.2) is 4.79 Å². The molecule has 1 aromatic rings. The van der Waals surface area contributed by atoms with Gasteiger partial charge in [0.15, 0.2) is 0 Å². The number of ether oxygens (including phenoxy) is 1. The van der Waals surface area contributed by atoms with Gasteiger partial charge in [-0.15, -0.1) is 0 Å². The lowest BCUT2D eigenvalue weighted by Gasteiger charge is -2.23. The van der Waals surface area contributed by atoms with Crippen molar-refractivity contribution >= 4 is 11.7 Å². The number of methoxy groups -OCH3 is 1. The standard InChI is InChI=1S/C17H27N3O2/c1-22-16-9-7-15(8-10-16)19-17(21)20-13-5-2-3-11-18-12-4-6-14-20/h7-10,18H,2-6,11-14H2,1H3,(H,19,21). The predicted molar refractivity (Wildman–Crippen MR) is 89.5 cm³/mol. The summed E-state index contributed by atoms with van der Waals surface area (Å²) in [5.41, 5.74) is 0.807. The second kappa shape index (κ2) is 9.30. The number of amides is 2. The van der Waals surface area contributed by atoms with Crippen molar-refractivity contribution < 1.29 is 9.53 Å². The first kappa shape index (κ1) is 16.6. The normalized spacial score (nSPS) is 17.4. The minimum Gasteiger partial charge on any atom is -0.497 e. The van der Waals surface area contributed by atoms with Gasteiger partial charge in [-0.2, -0.15) is 0 Å². The van der Waals surface area contributed by atoms with Crippen LogP contribution in [0.1, 0.15) is 32.1 Å². The third-order valence-electron chi connectivity index (χ3n) is 3.94. The Labute approximate surface area is 133 Å². The fourth-order valence-electron chi connectivity index (χ4n) is 2.60. The van der Waals surface area contributed by atoms with E-state index in [2.05, 4.69) is 10.6 Å². The predicted octanol–water partition coefficient (Wildman–Crippen LogP) is 3.08. The van der Waals surface area contributed by atoms with E-state index in [4.69, 9.17) is 4.74 Å². The number of hydrogen-bond acceptors (Lipinski definition) is 3. The Bertz CT molecular complexity index is 436. The molecule has 5 nitrogen and oxygen atoms in total. The smallest absolute Gasteiger partial charge is 0.321 e. The summed E-state index contributed by atoms with van der Waals surface area (Å²) < 4.78 is 5.13. The lowest BCUT2D eigenvalue weighted by atomic mass is 10.2. The van der Waals surface area contributed by atoms with Crippen LogP contribution in [-0.4, -0.2) is 44.2 Å². The van der Waals surface area contributed by atoms with Crippen molar-refractivity contribution in [3.63, 3.8) is 0 Å². The molecule has 0 aliphatic carbocycles. The van der Waals surface area contributed by atoms with Gasteiger partial charge in [0.05, 0.1) is 7.11 Å². The summed E-state index contributed by atoms with van der Waals surface area (Å²) in [6, 6.07) is 7.44. The van der Waals surface area contributed by atoms with Gasteiger partial charge in [-0.3, -0.25) is 0 Å². The molecule has 5 heteroatoms. The fourth-order valence-corrected chi connectivity index (χ4v) is 2.60. The molecule has 0 atom stereocenters. The van der Waals surface area contributed by atoms with E-state index in [1.54, 1.807) is 7.11 Å².